The summed E-state index contributed by atoms with van der Waals surface area (Å²) in [5.41, 5.74) is 2.15. The topological polar surface area (TPSA) is 61.8 Å². The van der Waals surface area contributed by atoms with Crippen LogP contribution in [0.1, 0.15) is 51.6 Å². The summed E-state index contributed by atoms with van der Waals surface area (Å²) in [4.78, 5) is 24.5. The molecule has 0 saturated carbocycles. The molecule has 0 aromatic heterocycles. The van der Waals surface area contributed by atoms with E-state index in [0.717, 1.165) is 24.0 Å². The number of hydrogen-bond acceptors (Lipinski definition) is 5. The molecule has 0 radical (unpaired) electrons. The number of carbonyl (C=O) groups is 2. The van der Waals surface area contributed by atoms with Crippen molar-refractivity contribution in [1.29, 1.82) is 0 Å². The van der Waals surface area contributed by atoms with Gasteiger partial charge in [0.25, 0.3) is 0 Å². The Bertz CT molecular complexity index is 752. The van der Waals surface area contributed by atoms with Gasteiger partial charge >= 0.3 is 11.9 Å². The number of esters is 2. The molecule has 0 aliphatic rings. The molecule has 0 amide bonds. The Kier molecular flexibility index (Phi) is 7.21. The van der Waals surface area contributed by atoms with Gasteiger partial charge in [-0.25, -0.2) is 9.59 Å². The van der Waals surface area contributed by atoms with Crippen LogP contribution in [-0.2, 0) is 22.5 Å². The van der Waals surface area contributed by atoms with Gasteiger partial charge in [0.15, 0.2) is 0 Å². The number of rotatable bonds is 8. The van der Waals surface area contributed by atoms with Crippen LogP contribution in [0.25, 0.3) is 0 Å². The van der Waals surface area contributed by atoms with Crippen molar-refractivity contribution in [2.75, 3.05) is 14.2 Å². The summed E-state index contributed by atoms with van der Waals surface area (Å²) in [5, 5.41) is 0. The van der Waals surface area contributed by atoms with E-state index in [2.05, 4.69) is 6.92 Å². The normalized spacial score (nSPS) is 10.3. The van der Waals surface area contributed by atoms with Crippen LogP contribution in [0.5, 0.6) is 5.75 Å². The van der Waals surface area contributed by atoms with E-state index in [-0.39, 0.29) is 11.1 Å². The summed E-state index contributed by atoms with van der Waals surface area (Å²) in [6.07, 6.45) is 2.49. The van der Waals surface area contributed by atoms with Crippen molar-refractivity contribution in [1.82, 2.24) is 0 Å². The maximum absolute atomic E-state index is 12.3. The van der Waals surface area contributed by atoms with Gasteiger partial charge in [0.2, 0.25) is 0 Å². The molecular formula is C21H24O5. The molecule has 0 N–H and O–H groups in total. The monoisotopic (exact) mass is 356 g/mol. The molecule has 0 unspecified atom stereocenters. The quantitative estimate of drug-likeness (QED) is 0.664. The Labute approximate surface area is 153 Å². The molecule has 0 spiro atoms. The summed E-state index contributed by atoms with van der Waals surface area (Å²) in [5.74, 6) is -0.618. The van der Waals surface area contributed by atoms with Crippen molar-refractivity contribution in [3.05, 3.63) is 64.7 Å². The SMILES string of the molecule is CCCCc1cc(OCc2ccccc2)cc(C(=O)OC)c1C(=O)OC. The molecule has 0 atom stereocenters. The molecule has 0 fully saturated rings. The highest BCUT2D eigenvalue weighted by Gasteiger charge is 2.24. The second kappa shape index (κ2) is 9.61. The predicted molar refractivity (Wildman–Crippen MR) is 98.5 cm³/mol. The summed E-state index contributed by atoms with van der Waals surface area (Å²) in [6.45, 7) is 2.43. The predicted octanol–water partition coefficient (Wildman–Crippen LogP) is 4.18. The van der Waals surface area contributed by atoms with E-state index in [4.69, 9.17) is 14.2 Å². The molecule has 5 nitrogen and oxygen atoms in total. The minimum absolute atomic E-state index is 0.163. The molecule has 26 heavy (non-hydrogen) atoms. The zero-order chi connectivity index (χ0) is 18.9. The van der Waals surface area contributed by atoms with E-state index >= 15 is 0 Å². The maximum atomic E-state index is 12.3. The van der Waals surface area contributed by atoms with Crippen molar-refractivity contribution < 1.29 is 23.8 Å². The van der Waals surface area contributed by atoms with Crippen LogP contribution >= 0.6 is 0 Å². The fraction of sp³-hybridized carbons (Fsp3) is 0.333. The second-order valence-electron chi connectivity index (χ2n) is 5.87. The first-order chi connectivity index (χ1) is 12.6. The summed E-state index contributed by atoms with van der Waals surface area (Å²) >= 11 is 0. The molecule has 138 valence electrons. The third-order valence-corrected chi connectivity index (χ3v) is 4.04. The molecule has 0 aliphatic heterocycles. The highest BCUT2D eigenvalue weighted by atomic mass is 16.5. The maximum Gasteiger partial charge on any atom is 0.339 e. The average molecular weight is 356 g/mol. The number of methoxy groups -OCH3 is 2. The first-order valence-electron chi connectivity index (χ1n) is 8.61. The van der Waals surface area contributed by atoms with Gasteiger partial charge in [0, 0.05) is 0 Å². The lowest BCUT2D eigenvalue weighted by Gasteiger charge is -2.15. The largest absolute Gasteiger partial charge is 0.489 e. The second-order valence-corrected chi connectivity index (χ2v) is 5.87. The van der Waals surface area contributed by atoms with E-state index in [0.29, 0.717) is 18.8 Å². The summed E-state index contributed by atoms with van der Waals surface area (Å²) in [7, 11) is 2.58. The summed E-state index contributed by atoms with van der Waals surface area (Å²) < 4.78 is 15.6. The molecule has 0 bridgehead atoms. The van der Waals surface area contributed by atoms with Gasteiger partial charge in [0.05, 0.1) is 25.3 Å². The Morgan fingerprint density at radius 3 is 2.27 bits per heavy atom. The zero-order valence-electron chi connectivity index (χ0n) is 15.4. The van der Waals surface area contributed by atoms with Crippen molar-refractivity contribution >= 4 is 11.9 Å². The minimum Gasteiger partial charge on any atom is -0.489 e. The van der Waals surface area contributed by atoms with Crippen LogP contribution in [0.4, 0.5) is 0 Å². The van der Waals surface area contributed by atoms with Gasteiger partial charge in [-0.2, -0.15) is 0 Å². The van der Waals surface area contributed by atoms with Crippen LogP contribution in [0.3, 0.4) is 0 Å². The van der Waals surface area contributed by atoms with E-state index < -0.39 is 11.9 Å². The van der Waals surface area contributed by atoms with Gasteiger partial charge in [0.1, 0.15) is 12.4 Å². The smallest absolute Gasteiger partial charge is 0.339 e. The fourth-order valence-electron chi connectivity index (χ4n) is 2.68. The van der Waals surface area contributed by atoms with Crippen LogP contribution in [0.15, 0.2) is 42.5 Å². The van der Waals surface area contributed by atoms with Gasteiger partial charge in [-0.1, -0.05) is 43.7 Å². The van der Waals surface area contributed by atoms with E-state index in [1.54, 1.807) is 6.07 Å². The number of benzene rings is 2. The number of ether oxygens (including phenoxy) is 3. The lowest BCUT2D eigenvalue weighted by molar-refractivity contribution is 0.0553. The number of aryl methyl sites for hydroxylation is 1. The number of hydrogen-bond donors (Lipinski definition) is 0. The van der Waals surface area contributed by atoms with Crippen LogP contribution in [-0.4, -0.2) is 26.2 Å². The molecule has 2 rings (SSSR count). The molecule has 2 aromatic carbocycles. The zero-order valence-corrected chi connectivity index (χ0v) is 15.4. The molecular weight excluding hydrogens is 332 g/mol. The minimum atomic E-state index is -0.590. The Morgan fingerprint density at radius 1 is 0.962 bits per heavy atom. The van der Waals surface area contributed by atoms with Crippen molar-refractivity contribution in [3.63, 3.8) is 0 Å². The lowest BCUT2D eigenvalue weighted by atomic mass is 9.96. The van der Waals surface area contributed by atoms with Gasteiger partial charge in [-0.15, -0.1) is 0 Å². The third kappa shape index (κ3) is 4.85. The Hall–Kier alpha value is -2.82. The van der Waals surface area contributed by atoms with E-state index in [1.807, 2.05) is 30.3 Å². The summed E-state index contributed by atoms with van der Waals surface area (Å²) in [6, 6.07) is 13.1. The number of carbonyl (C=O) groups excluding carboxylic acids is 2. The molecule has 5 heteroatoms. The highest BCUT2D eigenvalue weighted by molar-refractivity contribution is 6.04. The Balaban J connectivity index is 2.41. The van der Waals surface area contributed by atoms with Crippen LogP contribution < -0.4 is 4.74 Å². The van der Waals surface area contributed by atoms with Gasteiger partial charge in [-0.3, -0.25) is 0 Å². The van der Waals surface area contributed by atoms with E-state index in [1.165, 1.54) is 20.3 Å². The third-order valence-electron chi connectivity index (χ3n) is 4.04. The first-order valence-corrected chi connectivity index (χ1v) is 8.61. The molecule has 0 saturated heterocycles. The van der Waals surface area contributed by atoms with Crippen molar-refractivity contribution in [2.45, 2.75) is 32.8 Å². The molecule has 0 heterocycles. The highest BCUT2D eigenvalue weighted by Crippen LogP contribution is 2.27. The average Bonchev–Trinajstić information content (AvgIpc) is 2.69. The van der Waals surface area contributed by atoms with Gasteiger partial charge in [-0.05, 0) is 36.1 Å². The number of unbranched alkanes of at least 4 members (excludes halogenated alkanes) is 1. The molecule has 0 aliphatic carbocycles. The van der Waals surface area contributed by atoms with Crippen molar-refractivity contribution in [2.24, 2.45) is 0 Å². The first kappa shape index (κ1) is 19.5. The standard InChI is InChI=1S/C21H24O5/c1-4-5-11-16-12-17(26-14-15-9-7-6-8-10-15)13-18(20(22)24-2)19(16)21(23)25-3/h6-10,12-13H,4-5,11,14H2,1-3H3. The van der Waals surface area contributed by atoms with Crippen molar-refractivity contribution in [3.8, 4) is 5.75 Å². The fourth-order valence-corrected chi connectivity index (χ4v) is 2.68. The molecule has 2 aromatic rings. The Morgan fingerprint density at radius 2 is 1.65 bits per heavy atom. The van der Waals surface area contributed by atoms with Gasteiger partial charge < -0.3 is 14.2 Å². The van der Waals surface area contributed by atoms with E-state index in [9.17, 15) is 9.59 Å². The van der Waals surface area contributed by atoms with Crippen LogP contribution in [0.2, 0.25) is 0 Å². The van der Waals surface area contributed by atoms with Crippen LogP contribution in [0, 0.1) is 0 Å². The lowest BCUT2D eigenvalue weighted by Crippen LogP contribution is -2.15.